The molecule has 8 heteroatoms. The number of benzene rings is 2. The zero-order valence-electron chi connectivity index (χ0n) is 16.2. The van der Waals surface area contributed by atoms with Gasteiger partial charge in [-0.1, -0.05) is 12.1 Å². The lowest BCUT2D eigenvalue weighted by molar-refractivity contribution is 0.0976. The lowest BCUT2D eigenvalue weighted by Gasteiger charge is -2.09. The number of carbonyl (C=O) groups is 1. The molecule has 1 aliphatic rings. The first-order chi connectivity index (χ1) is 13.9. The van der Waals surface area contributed by atoms with Crippen LogP contribution in [0.4, 0.5) is 0 Å². The van der Waals surface area contributed by atoms with Gasteiger partial charge in [0.15, 0.2) is 5.69 Å². The van der Waals surface area contributed by atoms with Crippen LogP contribution in [0.5, 0.6) is 5.75 Å². The Morgan fingerprint density at radius 2 is 1.90 bits per heavy atom. The summed E-state index contributed by atoms with van der Waals surface area (Å²) < 4.78 is 34.2. The first-order valence-corrected chi connectivity index (χ1v) is 10.8. The van der Waals surface area contributed by atoms with E-state index in [2.05, 4.69) is 9.82 Å². The number of carbonyl (C=O) groups excluding carboxylic acids is 1. The maximum absolute atomic E-state index is 12.7. The third-order valence-corrected chi connectivity index (χ3v) is 6.34. The van der Waals surface area contributed by atoms with E-state index < -0.39 is 15.9 Å². The number of nitrogens with one attached hydrogen (secondary N) is 1. The summed E-state index contributed by atoms with van der Waals surface area (Å²) in [6.07, 6.45) is 4.43. The molecule has 0 unspecified atom stereocenters. The zero-order chi connectivity index (χ0) is 20.6. The third-order valence-electron chi connectivity index (χ3n) is 5.01. The molecule has 0 spiro atoms. The van der Waals surface area contributed by atoms with E-state index in [4.69, 9.17) is 4.74 Å². The lowest BCUT2D eigenvalue weighted by Crippen LogP contribution is -2.31. The van der Waals surface area contributed by atoms with Gasteiger partial charge in [-0.2, -0.15) is 5.10 Å². The molecule has 1 N–H and O–H groups in total. The van der Waals surface area contributed by atoms with Gasteiger partial charge in [0.2, 0.25) is 0 Å². The Labute approximate surface area is 169 Å². The number of fused-ring (bicyclic) bond motifs is 1. The maximum atomic E-state index is 12.7. The fourth-order valence-corrected chi connectivity index (χ4v) is 4.52. The SMILES string of the molecule is COc1ccc(C)cc1-n1ccc(C(=O)NS(=O)(=O)c2ccc3c(c2)CCC3)n1. The molecule has 0 saturated heterocycles. The molecule has 2 aromatic carbocycles. The fraction of sp³-hybridized carbons (Fsp3) is 0.238. The number of rotatable bonds is 5. The van der Waals surface area contributed by atoms with Gasteiger partial charge in [0.05, 0.1) is 12.0 Å². The molecule has 0 bridgehead atoms. The summed E-state index contributed by atoms with van der Waals surface area (Å²) in [7, 11) is -2.43. The Balaban J connectivity index is 1.57. The molecule has 0 radical (unpaired) electrons. The normalized spacial score (nSPS) is 13.2. The number of aromatic nitrogens is 2. The quantitative estimate of drug-likeness (QED) is 0.697. The van der Waals surface area contributed by atoms with Crippen molar-refractivity contribution in [3.05, 3.63) is 71.0 Å². The number of methoxy groups -OCH3 is 1. The van der Waals surface area contributed by atoms with Gasteiger partial charge in [-0.05, 0) is 73.2 Å². The second-order valence-electron chi connectivity index (χ2n) is 7.04. The Morgan fingerprint density at radius 1 is 1.10 bits per heavy atom. The monoisotopic (exact) mass is 411 g/mol. The van der Waals surface area contributed by atoms with Gasteiger partial charge in [-0.25, -0.2) is 17.8 Å². The van der Waals surface area contributed by atoms with E-state index in [1.54, 1.807) is 19.4 Å². The summed E-state index contributed by atoms with van der Waals surface area (Å²) in [5.41, 5.74) is 3.85. The Kier molecular flexibility index (Phi) is 4.87. The topological polar surface area (TPSA) is 90.3 Å². The first kappa shape index (κ1) is 19.2. The molecule has 0 aliphatic heterocycles. The summed E-state index contributed by atoms with van der Waals surface area (Å²) in [6.45, 7) is 1.93. The smallest absolute Gasteiger partial charge is 0.285 e. The Hall–Kier alpha value is -3.13. The summed E-state index contributed by atoms with van der Waals surface area (Å²) in [6, 6.07) is 12.1. The van der Waals surface area contributed by atoms with Crippen LogP contribution in [0.15, 0.2) is 53.6 Å². The van der Waals surface area contributed by atoms with Crippen molar-refractivity contribution in [2.24, 2.45) is 0 Å². The van der Waals surface area contributed by atoms with Gasteiger partial charge < -0.3 is 4.74 Å². The van der Waals surface area contributed by atoms with E-state index in [-0.39, 0.29) is 10.6 Å². The molecule has 1 aromatic heterocycles. The van der Waals surface area contributed by atoms with Gasteiger partial charge >= 0.3 is 0 Å². The number of nitrogens with zero attached hydrogens (tertiary/aromatic N) is 2. The Morgan fingerprint density at radius 3 is 2.69 bits per heavy atom. The third kappa shape index (κ3) is 3.75. The molecule has 7 nitrogen and oxygen atoms in total. The van der Waals surface area contributed by atoms with Crippen LogP contribution < -0.4 is 9.46 Å². The minimum absolute atomic E-state index is 0.00158. The molecule has 4 rings (SSSR count). The van der Waals surface area contributed by atoms with Crippen molar-refractivity contribution >= 4 is 15.9 Å². The highest BCUT2D eigenvalue weighted by Crippen LogP contribution is 2.25. The molecular formula is C21H21N3O4S. The number of ether oxygens (including phenoxy) is 1. The molecule has 1 heterocycles. The van der Waals surface area contributed by atoms with Crippen LogP contribution in [0.1, 0.15) is 33.6 Å². The molecule has 150 valence electrons. The van der Waals surface area contributed by atoms with E-state index >= 15 is 0 Å². The average Bonchev–Trinajstić information content (AvgIpc) is 3.36. The van der Waals surface area contributed by atoms with Crippen molar-refractivity contribution in [1.29, 1.82) is 0 Å². The molecule has 0 atom stereocenters. The number of aryl methyl sites for hydroxylation is 3. The Bertz CT molecular complexity index is 1200. The van der Waals surface area contributed by atoms with Gasteiger partial charge in [-0.3, -0.25) is 4.79 Å². The first-order valence-electron chi connectivity index (χ1n) is 9.27. The van der Waals surface area contributed by atoms with Crippen molar-refractivity contribution in [3.8, 4) is 11.4 Å². The summed E-state index contributed by atoms with van der Waals surface area (Å²) >= 11 is 0. The highest BCUT2D eigenvalue weighted by Gasteiger charge is 2.23. The van der Waals surface area contributed by atoms with E-state index in [0.29, 0.717) is 11.4 Å². The van der Waals surface area contributed by atoms with E-state index in [0.717, 1.165) is 30.4 Å². The molecule has 0 fully saturated rings. The molecule has 1 amide bonds. The highest BCUT2D eigenvalue weighted by molar-refractivity contribution is 7.90. The van der Waals surface area contributed by atoms with E-state index in [1.807, 2.05) is 31.2 Å². The largest absolute Gasteiger partial charge is 0.494 e. The molecule has 0 saturated carbocycles. The molecule has 1 aliphatic carbocycles. The number of hydrogen-bond donors (Lipinski definition) is 1. The van der Waals surface area contributed by atoms with Gasteiger partial charge in [-0.15, -0.1) is 0 Å². The van der Waals surface area contributed by atoms with Gasteiger partial charge in [0.1, 0.15) is 11.4 Å². The van der Waals surface area contributed by atoms with Crippen molar-refractivity contribution in [2.75, 3.05) is 7.11 Å². The number of sulfonamides is 1. The van der Waals surface area contributed by atoms with Gasteiger partial charge in [0, 0.05) is 6.20 Å². The standard InChI is InChI=1S/C21H21N3O4S/c1-14-6-9-20(28-2)19(12-14)24-11-10-18(22-24)21(25)23-29(26,27)17-8-7-15-4-3-5-16(15)13-17/h6-13H,3-5H2,1-2H3,(H,23,25). The van der Waals surface area contributed by atoms with Crippen LogP contribution in [0.25, 0.3) is 5.69 Å². The molecular weight excluding hydrogens is 390 g/mol. The van der Waals surface area contributed by atoms with Crippen LogP contribution in [-0.2, 0) is 22.9 Å². The predicted molar refractivity (Wildman–Crippen MR) is 108 cm³/mol. The van der Waals surface area contributed by atoms with Crippen LogP contribution in [-0.4, -0.2) is 31.2 Å². The summed E-state index contributed by atoms with van der Waals surface area (Å²) in [4.78, 5) is 12.6. The van der Waals surface area contributed by atoms with Crippen molar-refractivity contribution in [3.63, 3.8) is 0 Å². The maximum Gasteiger partial charge on any atom is 0.285 e. The predicted octanol–water partition coefficient (Wildman–Crippen LogP) is 2.80. The zero-order valence-corrected chi connectivity index (χ0v) is 17.0. The minimum atomic E-state index is -3.98. The summed E-state index contributed by atoms with van der Waals surface area (Å²) in [5, 5.41) is 4.23. The van der Waals surface area contributed by atoms with Crippen molar-refractivity contribution in [2.45, 2.75) is 31.1 Å². The van der Waals surface area contributed by atoms with E-state index in [9.17, 15) is 13.2 Å². The van der Waals surface area contributed by atoms with Crippen LogP contribution in [0.3, 0.4) is 0 Å². The second kappa shape index (κ2) is 7.36. The fourth-order valence-electron chi connectivity index (χ4n) is 3.51. The summed E-state index contributed by atoms with van der Waals surface area (Å²) in [5.74, 6) is -0.188. The minimum Gasteiger partial charge on any atom is -0.494 e. The number of hydrogen-bond acceptors (Lipinski definition) is 5. The molecule has 29 heavy (non-hydrogen) atoms. The second-order valence-corrected chi connectivity index (χ2v) is 8.72. The van der Waals surface area contributed by atoms with Crippen LogP contribution >= 0.6 is 0 Å². The van der Waals surface area contributed by atoms with Crippen molar-refractivity contribution < 1.29 is 17.9 Å². The van der Waals surface area contributed by atoms with Crippen LogP contribution in [0.2, 0.25) is 0 Å². The van der Waals surface area contributed by atoms with Crippen LogP contribution in [0, 0.1) is 6.92 Å². The van der Waals surface area contributed by atoms with Crippen molar-refractivity contribution in [1.82, 2.24) is 14.5 Å². The number of amides is 1. The van der Waals surface area contributed by atoms with E-state index in [1.165, 1.54) is 22.4 Å². The van der Waals surface area contributed by atoms with Gasteiger partial charge in [0.25, 0.3) is 15.9 Å². The highest BCUT2D eigenvalue weighted by atomic mass is 32.2. The lowest BCUT2D eigenvalue weighted by atomic mass is 10.1. The molecule has 3 aromatic rings. The average molecular weight is 411 g/mol.